The Balaban J connectivity index is 1.56. The summed E-state index contributed by atoms with van der Waals surface area (Å²) in [4.78, 5) is 29.1. The van der Waals surface area contributed by atoms with Crippen molar-refractivity contribution in [3.8, 4) is 0 Å². The predicted molar refractivity (Wildman–Crippen MR) is 122 cm³/mol. The van der Waals surface area contributed by atoms with Crippen LogP contribution in [0.25, 0.3) is 0 Å². The number of nitrogens with zero attached hydrogens (tertiary/aromatic N) is 1. The number of fused-ring (bicyclic) bond motifs is 1. The summed E-state index contributed by atoms with van der Waals surface area (Å²) >= 11 is 1.60. The van der Waals surface area contributed by atoms with Gasteiger partial charge in [-0.05, 0) is 48.1 Å². The molecule has 1 atom stereocenters. The first kappa shape index (κ1) is 20.0. The molecule has 2 N–H and O–H groups in total. The molecule has 3 aromatic rings. The highest BCUT2D eigenvalue weighted by molar-refractivity contribution is 7.98. The Kier molecular flexibility index (Phi) is 6.05. The third-order valence-electron chi connectivity index (χ3n) is 5.14. The molecule has 1 heterocycles. The summed E-state index contributed by atoms with van der Waals surface area (Å²) in [6.07, 6.45) is 2.80. The number of carbonyl (C=O) groups excluding carboxylic acids is 2. The molecule has 30 heavy (non-hydrogen) atoms. The maximum Gasteiger partial charge on any atom is 0.320 e. The minimum atomic E-state index is -0.777. The van der Waals surface area contributed by atoms with E-state index >= 15 is 0 Å². The monoisotopic (exact) mass is 417 g/mol. The van der Waals surface area contributed by atoms with E-state index < -0.39 is 12.1 Å². The third-order valence-corrected chi connectivity index (χ3v) is 5.86. The van der Waals surface area contributed by atoms with Gasteiger partial charge < -0.3 is 15.5 Å². The fourth-order valence-corrected chi connectivity index (χ4v) is 4.11. The van der Waals surface area contributed by atoms with E-state index in [1.807, 2.05) is 85.1 Å². The van der Waals surface area contributed by atoms with Crippen LogP contribution in [0.3, 0.4) is 0 Å². The van der Waals surface area contributed by atoms with Crippen LogP contribution in [0.4, 0.5) is 16.2 Å². The Morgan fingerprint density at radius 1 is 0.967 bits per heavy atom. The van der Waals surface area contributed by atoms with Crippen LogP contribution in [0.5, 0.6) is 0 Å². The highest BCUT2D eigenvalue weighted by Crippen LogP contribution is 2.30. The smallest absolute Gasteiger partial charge is 0.320 e. The van der Waals surface area contributed by atoms with Gasteiger partial charge in [0, 0.05) is 22.8 Å². The minimum absolute atomic E-state index is 0.140. The van der Waals surface area contributed by atoms with Crippen molar-refractivity contribution in [2.45, 2.75) is 17.4 Å². The third kappa shape index (κ3) is 4.33. The number of urea groups is 1. The largest absolute Gasteiger partial charge is 0.322 e. The van der Waals surface area contributed by atoms with Crippen molar-refractivity contribution in [2.24, 2.45) is 0 Å². The summed E-state index contributed by atoms with van der Waals surface area (Å²) in [5.74, 6) is -0.140. The molecular weight excluding hydrogens is 394 g/mol. The molecule has 0 saturated heterocycles. The van der Waals surface area contributed by atoms with E-state index in [1.54, 1.807) is 16.7 Å². The van der Waals surface area contributed by atoms with E-state index in [9.17, 15) is 9.59 Å². The number of hydrogen-bond acceptors (Lipinski definition) is 3. The second-order valence-corrected chi connectivity index (χ2v) is 7.92. The van der Waals surface area contributed by atoms with E-state index in [1.165, 1.54) is 0 Å². The zero-order chi connectivity index (χ0) is 20.9. The van der Waals surface area contributed by atoms with Gasteiger partial charge in [-0.2, -0.15) is 0 Å². The second kappa shape index (κ2) is 9.05. The molecule has 0 fully saturated rings. The summed E-state index contributed by atoms with van der Waals surface area (Å²) in [6.45, 7) is 0.612. The average molecular weight is 418 g/mol. The lowest BCUT2D eigenvalue weighted by atomic mass is 10.1. The lowest BCUT2D eigenvalue weighted by Gasteiger charge is -2.25. The summed E-state index contributed by atoms with van der Waals surface area (Å²) in [7, 11) is 0. The van der Waals surface area contributed by atoms with Crippen LogP contribution >= 0.6 is 11.8 Å². The van der Waals surface area contributed by atoms with E-state index in [2.05, 4.69) is 10.6 Å². The molecule has 0 saturated carbocycles. The summed E-state index contributed by atoms with van der Waals surface area (Å²) in [6, 6.07) is 23.7. The zero-order valence-electron chi connectivity index (χ0n) is 16.7. The number of thioether (sulfide) groups is 1. The predicted octanol–water partition coefficient (Wildman–Crippen LogP) is 4.86. The van der Waals surface area contributed by atoms with Gasteiger partial charge in [-0.25, -0.2) is 4.79 Å². The van der Waals surface area contributed by atoms with Crippen LogP contribution in [0, 0.1) is 0 Å². The van der Waals surface area contributed by atoms with Gasteiger partial charge in [0.2, 0.25) is 0 Å². The molecule has 1 aliphatic rings. The van der Waals surface area contributed by atoms with E-state index in [-0.39, 0.29) is 5.91 Å². The normalized spacial score (nSPS) is 13.4. The zero-order valence-corrected chi connectivity index (χ0v) is 17.5. The van der Waals surface area contributed by atoms with Gasteiger partial charge in [0.25, 0.3) is 5.91 Å². The van der Waals surface area contributed by atoms with Crippen molar-refractivity contribution in [3.63, 3.8) is 0 Å². The Morgan fingerprint density at radius 2 is 1.73 bits per heavy atom. The van der Waals surface area contributed by atoms with Gasteiger partial charge >= 0.3 is 6.03 Å². The Morgan fingerprint density at radius 3 is 2.53 bits per heavy atom. The molecule has 6 heteroatoms. The molecular formula is C24H23N3O2S. The fourth-order valence-electron chi connectivity index (χ4n) is 3.66. The molecule has 1 aliphatic heterocycles. The van der Waals surface area contributed by atoms with E-state index in [0.717, 1.165) is 28.1 Å². The minimum Gasteiger partial charge on any atom is -0.322 e. The number of anilines is 2. The van der Waals surface area contributed by atoms with Crippen LogP contribution in [0.2, 0.25) is 0 Å². The number of amides is 3. The molecule has 3 aromatic carbocycles. The van der Waals surface area contributed by atoms with E-state index in [0.29, 0.717) is 12.2 Å². The van der Waals surface area contributed by atoms with E-state index in [4.69, 9.17) is 0 Å². The lowest BCUT2D eigenvalue weighted by Crippen LogP contribution is -2.43. The summed E-state index contributed by atoms with van der Waals surface area (Å²) in [5, 5.41) is 5.73. The fraction of sp³-hybridized carbons (Fsp3) is 0.167. The summed E-state index contributed by atoms with van der Waals surface area (Å²) < 4.78 is 0. The standard InChI is InChI=1S/C24H23N3O2S/c1-30-20-12-7-11-19(16-20)25-24(29)26-22(18-9-3-2-4-10-18)23(28)27-15-14-17-8-5-6-13-21(17)27/h2-13,16,22H,14-15H2,1H3,(H2,25,26,29)/t22-/m1/s1. The number of rotatable bonds is 5. The maximum absolute atomic E-state index is 13.5. The van der Waals surface area contributed by atoms with Crippen molar-refractivity contribution in [1.29, 1.82) is 0 Å². The first-order valence-corrected chi connectivity index (χ1v) is 11.0. The van der Waals surface area contributed by atoms with Gasteiger partial charge in [-0.15, -0.1) is 11.8 Å². The van der Waals surface area contributed by atoms with Gasteiger partial charge in [0.15, 0.2) is 0 Å². The average Bonchev–Trinajstić information content (AvgIpc) is 3.22. The molecule has 0 spiro atoms. The molecule has 152 valence electrons. The molecule has 0 aromatic heterocycles. The van der Waals surface area contributed by atoms with Gasteiger partial charge in [-0.3, -0.25) is 4.79 Å². The number of hydrogen-bond donors (Lipinski definition) is 2. The molecule has 3 amide bonds. The number of carbonyl (C=O) groups is 2. The maximum atomic E-state index is 13.5. The van der Waals surface area contributed by atoms with Gasteiger partial charge in [0.05, 0.1) is 0 Å². The Labute approximate surface area is 180 Å². The van der Waals surface area contributed by atoms with Crippen LogP contribution in [0.1, 0.15) is 17.2 Å². The summed E-state index contributed by atoms with van der Waals surface area (Å²) in [5.41, 5.74) is 3.50. The SMILES string of the molecule is CSc1cccc(NC(=O)N[C@@H](C(=O)N2CCc3ccccc32)c2ccccc2)c1. The Hall–Kier alpha value is -3.25. The molecule has 0 unspecified atom stereocenters. The second-order valence-electron chi connectivity index (χ2n) is 7.04. The Bertz CT molecular complexity index is 1060. The van der Waals surface area contributed by atoms with Crippen LogP contribution in [0.15, 0.2) is 83.8 Å². The highest BCUT2D eigenvalue weighted by Gasteiger charge is 2.32. The van der Waals surface area contributed by atoms with Crippen molar-refractivity contribution < 1.29 is 9.59 Å². The van der Waals surface area contributed by atoms with Crippen LogP contribution in [-0.4, -0.2) is 24.7 Å². The van der Waals surface area contributed by atoms with Crippen molar-refractivity contribution in [1.82, 2.24) is 5.32 Å². The molecule has 4 rings (SSSR count). The lowest BCUT2D eigenvalue weighted by molar-refractivity contribution is -0.120. The highest BCUT2D eigenvalue weighted by atomic mass is 32.2. The van der Waals surface area contributed by atoms with Crippen molar-refractivity contribution in [2.75, 3.05) is 23.0 Å². The topological polar surface area (TPSA) is 61.4 Å². The molecule has 0 aliphatic carbocycles. The van der Waals surface area contributed by atoms with Crippen LogP contribution < -0.4 is 15.5 Å². The molecule has 5 nitrogen and oxygen atoms in total. The van der Waals surface area contributed by atoms with Crippen molar-refractivity contribution >= 4 is 35.1 Å². The number of benzene rings is 3. The molecule has 0 radical (unpaired) electrons. The van der Waals surface area contributed by atoms with Gasteiger partial charge in [0.1, 0.15) is 6.04 Å². The number of para-hydroxylation sites is 1. The first-order chi connectivity index (χ1) is 14.7. The van der Waals surface area contributed by atoms with Gasteiger partial charge in [-0.1, -0.05) is 54.6 Å². The quantitative estimate of drug-likeness (QED) is 0.583. The number of nitrogens with one attached hydrogen (secondary N) is 2. The first-order valence-electron chi connectivity index (χ1n) is 9.81. The van der Waals surface area contributed by atoms with Crippen LogP contribution in [-0.2, 0) is 11.2 Å². The van der Waals surface area contributed by atoms with Crippen molar-refractivity contribution in [3.05, 3.63) is 90.0 Å². The molecule has 0 bridgehead atoms.